The summed E-state index contributed by atoms with van der Waals surface area (Å²) in [7, 11) is -4.07. The van der Waals surface area contributed by atoms with Gasteiger partial charge in [0.1, 0.15) is 5.82 Å². The first-order valence-corrected chi connectivity index (χ1v) is 11.3. The third-order valence-corrected chi connectivity index (χ3v) is 6.61. The number of hydrogen-bond acceptors (Lipinski definition) is 6. The molecule has 1 saturated heterocycles. The number of halogens is 1. The molecule has 31 heavy (non-hydrogen) atoms. The molecule has 3 aromatic rings. The van der Waals surface area contributed by atoms with Gasteiger partial charge in [0.05, 0.1) is 10.6 Å². The van der Waals surface area contributed by atoms with Gasteiger partial charge in [0.15, 0.2) is 0 Å². The van der Waals surface area contributed by atoms with Crippen molar-refractivity contribution in [3.8, 4) is 11.4 Å². The third kappa shape index (κ3) is 4.43. The zero-order chi connectivity index (χ0) is 22.0. The van der Waals surface area contributed by atoms with E-state index in [2.05, 4.69) is 14.9 Å². The fraction of sp³-hybridized carbons (Fsp3) is 0.286. The van der Waals surface area contributed by atoms with Crippen LogP contribution in [0, 0.1) is 12.7 Å². The van der Waals surface area contributed by atoms with E-state index in [1.165, 1.54) is 30.3 Å². The molecule has 0 atom stereocenters. The first-order chi connectivity index (χ1) is 14.8. The van der Waals surface area contributed by atoms with Crippen molar-refractivity contribution in [2.75, 3.05) is 17.8 Å². The summed E-state index contributed by atoms with van der Waals surface area (Å²) >= 11 is 0. The number of hydrogen-bond donors (Lipinski definition) is 1. The number of carbonyl (C=O) groups excluding carboxylic acids is 1. The standard InChI is InChI=1S/C21H21FN4O4S/c1-14-9-10-15(13-18(14)31(28,29)25-17-8-4-3-7-16(17)22)19-23-20(30-24-19)21(27)26-11-5-2-6-12-26/h3-4,7-10,13,25H,2,5-6,11-12H2,1H3. The summed E-state index contributed by atoms with van der Waals surface area (Å²) in [5, 5.41) is 3.84. The Hall–Kier alpha value is -3.27. The van der Waals surface area contributed by atoms with Crippen LogP contribution in [0.1, 0.15) is 35.5 Å². The highest BCUT2D eigenvalue weighted by atomic mass is 32.2. The molecule has 4 rings (SSSR count). The van der Waals surface area contributed by atoms with Gasteiger partial charge >= 0.3 is 11.8 Å². The lowest BCUT2D eigenvalue weighted by molar-refractivity contribution is 0.0674. The van der Waals surface area contributed by atoms with E-state index in [9.17, 15) is 17.6 Å². The van der Waals surface area contributed by atoms with E-state index in [4.69, 9.17) is 4.52 Å². The molecule has 0 radical (unpaired) electrons. The molecule has 1 aliphatic heterocycles. The van der Waals surface area contributed by atoms with Crippen molar-refractivity contribution in [3.63, 3.8) is 0 Å². The second kappa shape index (κ2) is 8.46. The van der Waals surface area contributed by atoms with Crippen molar-refractivity contribution >= 4 is 21.6 Å². The Kier molecular flexibility index (Phi) is 5.73. The predicted octanol–water partition coefficient (Wildman–Crippen LogP) is 3.61. The monoisotopic (exact) mass is 444 g/mol. The lowest BCUT2D eigenvalue weighted by Gasteiger charge is -2.24. The molecular formula is C21H21FN4O4S. The van der Waals surface area contributed by atoms with E-state index in [0.717, 1.165) is 19.3 Å². The molecular weight excluding hydrogens is 423 g/mol. The second-order valence-electron chi connectivity index (χ2n) is 7.34. The number of para-hydroxylation sites is 1. The number of likely N-dealkylation sites (tertiary alicyclic amines) is 1. The number of piperidine rings is 1. The lowest BCUT2D eigenvalue weighted by atomic mass is 10.1. The molecule has 8 nitrogen and oxygen atoms in total. The molecule has 1 amide bonds. The fourth-order valence-corrected chi connectivity index (χ4v) is 4.77. The maximum absolute atomic E-state index is 13.9. The molecule has 0 saturated carbocycles. The predicted molar refractivity (Wildman–Crippen MR) is 111 cm³/mol. The van der Waals surface area contributed by atoms with Gasteiger partial charge in [0.25, 0.3) is 10.0 Å². The molecule has 1 N–H and O–H groups in total. The summed E-state index contributed by atoms with van der Waals surface area (Å²) in [6.07, 6.45) is 2.95. The van der Waals surface area contributed by atoms with Crippen molar-refractivity contribution in [2.24, 2.45) is 0 Å². The average molecular weight is 444 g/mol. The van der Waals surface area contributed by atoms with Crippen molar-refractivity contribution in [3.05, 3.63) is 59.7 Å². The summed E-state index contributed by atoms with van der Waals surface area (Å²) in [4.78, 5) is 18.3. The second-order valence-corrected chi connectivity index (χ2v) is 8.99. The van der Waals surface area contributed by atoms with Crippen LogP contribution in [0.3, 0.4) is 0 Å². The number of nitrogens with one attached hydrogen (secondary N) is 1. The van der Waals surface area contributed by atoms with E-state index in [1.54, 1.807) is 24.0 Å². The number of rotatable bonds is 5. The van der Waals surface area contributed by atoms with Crippen molar-refractivity contribution in [2.45, 2.75) is 31.1 Å². The normalized spacial score (nSPS) is 14.5. The van der Waals surface area contributed by atoms with Crippen LogP contribution in [-0.4, -0.2) is 42.5 Å². The summed E-state index contributed by atoms with van der Waals surface area (Å²) in [5.41, 5.74) is 0.669. The Bertz CT molecular complexity index is 1220. The van der Waals surface area contributed by atoms with Crippen molar-refractivity contribution < 1.29 is 22.1 Å². The number of nitrogens with zero attached hydrogens (tertiary/aromatic N) is 3. The third-order valence-electron chi connectivity index (χ3n) is 5.11. The molecule has 1 fully saturated rings. The van der Waals surface area contributed by atoms with Gasteiger partial charge in [-0.1, -0.05) is 29.4 Å². The van der Waals surface area contributed by atoms with Crippen LogP contribution < -0.4 is 4.72 Å². The molecule has 0 aliphatic carbocycles. The first-order valence-electron chi connectivity index (χ1n) is 9.86. The van der Waals surface area contributed by atoms with Crippen LogP contribution in [0.5, 0.6) is 0 Å². The van der Waals surface area contributed by atoms with Gasteiger partial charge in [-0.15, -0.1) is 0 Å². The Morgan fingerprint density at radius 2 is 1.87 bits per heavy atom. The number of amides is 1. The maximum atomic E-state index is 13.9. The summed E-state index contributed by atoms with van der Waals surface area (Å²) in [5.74, 6) is -1.05. The molecule has 0 bridgehead atoms. The highest BCUT2D eigenvalue weighted by Gasteiger charge is 2.25. The molecule has 2 heterocycles. The van der Waals surface area contributed by atoms with E-state index in [1.807, 2.05) is 0 Å². The van der Waals surface area contributed by atoms with Crippen LogP contribution >= 0.6 is 0 Å². The minimum atomic E-state index is -4.07. The topological polar surface area (TPSA) is 105 Å². The summed E-state index contributed by atoms with van der Waals surface area (Å²) in [6, 6.07) is 10.1. The highest BCUT2D eigenvalue weighted by Crippen LogP contribution is 2.26. The fourth-order valence-electron chi connectivity index (χ4n) is 3.43. The van der Waals surface area contributed by atoms with Crippen LogP contribution in [0.4, 0.5) is 10.1 Å². The van der Waals surface area contributed by atoms with E-state index in [-0.39, 0.29) is 28.2 Å². The Morgan fingerprint density at radius 3 is 2.61 bits per heavy atom. The summed E-state index contributed by atoms with van der Waals surface area (Å²) in [6.45, 7) is 2.91. The highest BCUT2D eigenvalue weighted by molar-refractivity contribution is 7.92. The van der Waals surface area contributed by atoms with Gasteiger partial charge in [-0.3, -0.25) is 9.52 Å². The van der Waals surface area contributed by atoms with Gasteiger partial charge in [0.2, 0.25) is 5.82 Å². The van der Waals surface area contributed by atoms with Gasteiger partial charge in [-0.05, 0) is 49.9 Å². The van der Waals surface area contributed by atoms with Crippen LogP contribution in [0.15, 0.2) is 51.9 Å². The first kappa shape index (κ1) is 21.0. The zero-order valence-electron chi connectivity index (χ0n) is 16.8. The molecule has 0 spiro atoms. The minimum Gasteiger partial charge on any atom is -0.334 e. The SMILES string of the molecule is Cc1ccc(-c2noc(C(=O)N3CCCCC3)n2)cc1S(=O)(=O)Nc1ccccc1F. The number of anilines is 1. The van der Waals surface area contributed by atoms with Crippen LogP contribution in [0.2, 0.25) is 0 Å². The number of sulfonamides is 1. The van der Waals surface area contributed by atoms with Crippen LogP contribution in [0.25, 0.3) is 11.4 Å². The van der Waals surface area contributed by atoms with E-state index >= 15 is 0 Å². The molecule has 10 heteroatoms. The van der Waals surface area contributed by atoms with Crippen molar-refractivity contribution in [1.82, 2.24) is 15.0 Å². The zero-order valence-corrected chi connectivity index (χ0v) is 17.7. The Labute approximate surface area is 179 Å². The lowest BCUT2D eigenvalue weighted by Crippen LogP contribution is -2.35. The molecule has 162 valence electrons. The van der Waals surface area contributed by atoms with E-state index in [0.29, 0.717) is 24.2 Å². The molecule has 0 unspecified atom stereocenters. The minimum absolute atomic E-state index is 0.0537. The molecule has 1 aromatic heterocycles. The van der Waals surface area contributed by atoms with Gasteiger partial charge in [-0.25, -0.2) is 12.8 Å². The molecule has 2 aromatic carbocycles. The average Bonchev–Trinajstić information content (AvgIpc) is 3.26. The number of carbonyl (C=O) groups is 1. The quantitative estimate of drug-likeness (QED) is 0.645. The number of benzene rings is 2. The Balaban J connectivity index is 1.62. The largest absolute Gasteiger partial charge is 0.334 e. The van der Waals surface area contributed by atoms with Crippen molar-refractivity contribution in [1.29, 1.82) is 0 Å². The maximum Gasteiger partial charge on any atom is 0.316 e. The number of aryl methyl sites for hydroxylation is 1. The Morgan fingerprint density at radius 1 is 1.13 bits per heavy atom. The summed E-state index contributed by atoms with van der Waals surface area (Å²) < 4.78 is 47.1. The van der Waals surface area contributed by atoms with E-state index < -0.39 is 15.8 Å². The van der Waals surface area contributed by atoms with Gasteiger partial charge in [-0.2, -0.15) is 4.98 Å². The van der Waals surface area contributed by atoms with Crippen LogP contribution in [-0.2, 0) is 10.0 Å². The van der Waals surface area contributed by atoms with Gasteiger partial charge in [0, 0.05) is 18.7 Å². The smallest absolute Gasteiger partial charge is 0.316 e. The number of aromatic nitrogens is 2. The van der Waals surface area contributed by atoms with Gasteiger partial charge < -0.3 is 9.42 Å². The molecule has 1 aliphatic rings.